The van der Waals surface area contributed by atoms with E-state index in [2.05, 4.69) is 9.97 Å². The average molecular weight is 247 g/mol. The quantitative estimate of drug-likeness (QED) is 0.869. The summed E-state index contributed by atoms with van der Waals surface area (Å²) < 4.78 is 5.95. The van der Waals surface area contributed by atoms with Gasteiger partial charge < -0.3 is 10.5 Å². The summed E-state index contributed by atoms with van der Waals surface area (Å²) in [6.45, 7) is 2.79. The third-order valence-corrected chi connectivity index (χ3v) is 4.45. The monoisotopic (exact) mass is 247 g/mol. The van der Waals surface area contributed by atoms with Gasteiger partial charge in [-0.05, 0) is 44.9 Å². The van der Waals surface area contributed by atoms with E-state index >= 15 is 0 Å². The summed E-state index contributed by atoms with van der Waals surface area (Å²) in [5.74, 6) is 0.482. The first-order chi connectivity index (χ1) is 8.69. The van der Waals surface area contributed by atoms with Gasteiger partial charge in [0.15, 0.2) is 0 Å². The molecule has 18 heavy (non-hydrogen) atoms. The first-order valence-electron chi connectivity index (χ1n) is 6.87. The zero-order chi connectivity index (χ0) is 12.6. The molecule has 2 unspecified atom stereocenters. The first kappa shape index (κ1) is 12.1. The van der Waals surface area contributed by atoms with Crippen LogP contribution in [0.1, 0.15) is 49.5 Å². The van der Waals surface area contributed by atoms with Crippen LogP contribution in [0, 0.1) is 12.8 Å². The van der Waals surface area contributed by atoms with Gasteiger partial charge >= 0.3 is 0 Å². The Bertz CT molecular complexity index is 414. The number of nitrogens with two attached hydrogens (primary N) is 1. The molecule has 3 rings (SSSR count). The summed E-state index contributed by atoms with van der Waals surface area (Å²) in [6, 6.07) is -0.000486. The van der Waals surface area contributed by atoms with Crippen molar-refractivity contribution in [2.45, 2.75) is 50.7 Å². The molecule has 1 saturated heterocycles. The van der Waals surface area contributed by atoms with E-state index < -0.39 is 0 Å². The van der Waals surface area contributed by atoms with Gasteiger partial charge in [0.2, 0.25) is 0 Å². The van der Waals surface area contributed by atoms with Crippen LogP contribution in [0.2, 0.25) is 0 Å². The maximum atomic E-state index is 6.36. The van der Waals surface area contributed by atoms with E-state index in [-0.39, 0.29) is 11.6 Å². The Hall–Kier alpha value is -1.00. The van der Waals surface area contributed by atoms with E-state index in [1.54, 1.807) is 6.20 Å². The fraction of sp³-hybridized carbons (Fsp3) is 0.714. The Morgan fingerprint density at radius 3 is 2.83 bits per heavy atom. The lowest BCUT2D eigenvalue weighted by Crippen LogP contribution is -2.47. The van der Waals surface area contributed by atoms with Crippen molar-refractivity contribution < 1.29 is 4.74 Å². The van der Waals surface area contributed by atoms with Crippen molar-refractivity contribution >= 4 is 0 Å². The molecule has 1 spiro atoms. The lowest BCUT2D eigenvalue weighted by molar-refractivity contribution is -0.146. The van der Waals surface area contributed by atoms with Gasteiger partial charge in [-0.15, -0.1) is 0 Å². The maximum absolute atomic E-state index is 6.36. The van der Waals surface area contributed by atoms with E-state index in [1.807, 2.05) is 13.1 Å². The molecule has 0 bridgehead atoms. The molecule has 2 N–H and O–H groups in total. The third-order valence-electron chi connectivity index (χ3n) is 4.45. The number of hydrogen-bond acceptors (Lipinski definition) is 4. The highest BCUT2D eigenvalue weighted by Gasteiger charge is 2.44. The van der Waals surface area contributed by atoms with Crippen LogP contribution in [-0.2, 0) is 4.74 Å². The summed E-state index contributed by atoms with van der Waals surface area (Å²) in [4.78, 5) is 8.71. The van der Waals surface area contributed by atoms with Crippen LogP contribution in [0.3, 0.4) is 0 Å². The van der Waals surface area contributed by atoms with E-state index in [1.165, 1.54) is 19.3 Å². The zero-order valence-electron chi connectivity index (χ0n) is 10.9. The van der Waals surface area contributed by atoms with E-state index in [0.717, 1.165) is 30.8 Å². The minimum Gasteiger partial charge on any atom is -0.375 e. The van der Waals surface area contributed by atoms with Crippen molar-refractivity contribution in [1.82, 2.24) is 9.97 Å². The molecule has 1 aliphatic carbocycles. The van der Waals surface area contributed by atoms with Gasteiger partial charge in [-0.25, -0.2) is 0 Å². The summed E-state index contributed by atoms with van der Waals surface area (Å²) >= 11 is 0. The second-order valence-corrected chi connectivity index (χ2v) is 5.75. The molecule has 0 amide bonds. The molecule has 1 saturated carbocycles. The highest BCUT2D eigenvalue weighted by atomic mass is 16.5. The van der Waals surface area contributed by atoms with Gasteiger partial charge in [-0.3, -0.25) is 9.97 Å². The van der Waals surface area contributed by atoms with Gasteiger partial charge in [0.1, 0.15) is 0 Å². The summed E-state index contributed by atoms with van der Waals surface area (Å²) in [6.07, 6.45) is 9.45. The second kappa shape index (κ2) is 4.59. The Kier molecular flexibility index (Phi) is 3.08. The van der Waals surface area contributed by atoms with Crippen LogP contribution < -0.4 is 5.73 Å². The molecule has 1 aromatic rings. The molecule has 2 atom stereocenters. The van der Waals surface area contributed by atoms with E-state index in [4.69, 9.17) is 10.5 Å². The standard InChI is InChI=1S/C14H21N3O/c1-10-8-17-12(9-16-10)13(15)11-3-6-18-14(7-11)4-2-5-14/h8-9,11,13H,2-7,15H2,1H3. The van der Waals surface area contributed by atoms with E-state index in [9.17, 15) is 0 Å². The van der Waals surface area contributed by atoms with Crippen LogP contribution in [0.15, 0.2) is 12.4 Å². The number of aryl methyl sites for hydroxylation is 1. The summed E-state index contributed by atoms with van der Waals surface area (Å²) in [7, 11) is 0. The predicted octanol–water partition coefficient (Wildman–Crippen LogP) is 2.13. The number of hydrogen-bond donors (Lipinski definition) is 1. The van der Waals surface area contributed by atoms with Crippen LogP contribution >= 0.6 is 0 Å². The minimum absolute atomic E-state index is 0.000486. The van der Waals surface area contributed by atoms with Crippen LogP contribution in [0.4, 0.5) is 0 Å². The normalized spacial score (nSPS) is 27.8. The highest BCUT2D eigenvalue weighted by molar-refractivity contribution is 5.08. The smallest absolute Gasteiger partial charge is 0.0756 e. The molecule has 4 heteroatoms. The molecule has 0 radical (unpaired) electrons. The fourth-order valence-corrected chi connectivity index (χ4v) is 3.11. The number of rotatable bonds is 2. The van der Waals surface area contributed by atoms with Crippen molar-refractivity contribution in [3.8, 4) is 0 Å². The Balaban J connectivity index is 1.71. The van der Waals surface area contributed by atoms with Crippen molar-refractivity contribution in [2.24, 2.45) is 11.7 Å². The lowest BCUT2D eigenvalue weighted by Gasteiger charge is -2.48. The number of aromatic nitrogens is 2. The third kappa shape index (κ3) is 2.15. The van der Waals surface area contributed by atoms with Crippen LogP contribution in [0.5, 0.6) is 0 Å². The maximum Gasteiger partial charge on any atom is 0.0756 e. The Morgan fingerprint density at radius 2 is 2.22 bits per heavy atom. The zero-order valence-corrected chi connectivity index (χ0v) is 10.9. The minimum atomic E-state index is -0.000486. The predicted molar refractivity (Wildman–Crippen MR) is 69.0 cm³/mol. The van der Waals surface area contributed by atoms with Crippen molar-refractivity contribution in [1.29, 1.82) is 0 Å². The molecular weight excluding hydrogens is 226 g/mol. The summed E-state index contributed by atoms with van der Waals surface area (Å²) in [5, 5.41) is 0. The molecule has 1 aliphatic heterocycles. The molecule has 1 aromatic heterocycles. The van der Waals surface area contributed by atoms with Gasteiger partial charge in [0.05, 0.1) is 29.2 Å². The van der Waals surface area contributed by atoms with Gasteiger partial charge in [0, 0.05) is 12.8 Å². The molecular formula is C14H21N3O. The van der Waals surface area contributed by atoms with Gasteiger partial charge in [-0.1, -0.05) is 0 Å². The van der Waals surface area contributed by atoms with Gasteiger partial charge in [0.25, 0.3) is 0 Å². The molecule has 98 valence electrons. The Morgan fingerprint density at radius 1 is 1.39 bits per heavy atom. The topological polar surface area (TPSA) is 61.0 Å². The molecule has 2 aliphatic rings. The lowest BCUT2D eigenvalue weighted by atomic mass is 9.70. The first-order valence-corrected chi connectivity index (χ1v) is 6.87. The Labute approximate surface area is 108 Å². The SMILES string of the molecule is Cc1cnc(C(N)C2CCOC3(CCC3)C2)cn1. The van der Waals surface area contributed by atoms with Gasteiger partial charge in [-0.2, -0.15) is 0 Å². The van der Waals surface area contributed by atoms with Crippen molar-refractivity contribution in [3.63, 3.8) is 0 Å². The second-order valence-electron chi connectivity index (χ2n) is 5.75. The summed E-state index contributed by atoms with van der Waals surface area (Å²) in [5.41, 5.74) is 8.37. The molecule has 2 heterocycles. The van der Waals surface area contributed by atoms with Crippen LogP contribution in [0.25, 0.3) is 0 Å². The van der Waals surface area contributed by atoms with E-state index in [0.29, 0.717) is 5.92 Å². The molecule has 0 aromatic carbocycles. The van der Waals surface area contributed by atoms with Crippen molar-refractivity contribution in [2.75, 3.05) is 6.61 Å². The molecule has 4 nitrogen and oxygen atoms in total. The largest absolute Gasteiger partial charge is 0.375 e. The van der Waals surface area contributed by atoms with Crippen molar-refractivity contribution in [3.05, 3.63) is 23.8 Å². The fourth-order valence-electron chi connectivity index (χ4n) is 3.11. The number of nitrogens with zero attached hydrogens (tertiary/aromatic N) is 2. The average Bonchev–Trinajstić information content (AvgIpc) is 2.37. The van der Waals surface area contributed by atoms with Crippen LogP contribution in [-0.4, -0.2) is 22.2 Å². The molecule has 2 fully saturated rings. The highest BCUT2D eigenvalue weighted by Crippen LogP contribution is 2.46. The number of ether oxygens (including phenoxy) is 1.